The summed E-state index contributed by atoms with van der Waals surface area (Å²) in [6.45, 7) is 1.28. The summed E-state index contributed by atoms with van der Waals surface area (Å²) in [4.78, 5) is 12.0. The Balaban J connectivity index is 1.91. The van der Waals surface area contributed by atoms with Crippen LogP contribution in [0.15, 0.2) is 41.0 Å². The Morgan fingerprint density at radius 3 is 2.67 bits per heavy atom. The molecule has 0 spiro atoms. The normalized spacial score (nSPS) is 10.4. The molecule has 0 aliphatic rings. The van der Waals surface area contributed by atoms with E-state index in [9.17, 15) is 4.79 Å². The van der Waals surface area contributed by atoms with Crippen molar-refractivity contribution in [1.29, 1.82) is 0 Å². The SMILES string of the molecule is COCCOc1ccc(NC(=O)c2coc(CN)c2)cc1. The van der Waals surface area contributed by atoms with Gasteiger partial charge in [0.15, 0.2) is 0 Å². The van der Waals surface area contributed by atoms with E-state index in [4.69, 9.17) is 19.6 Å². The van der Waals surface area contributed by atoms with Gasteiger partial charge in [-0.25, -0.2) is 0 Å². The average Bonchev–Trinajstić information content (AvgIpc) is 2.98. The molecule has 0 aliphatic carbocycles. The zero-order chi connectivity index (χ0) is 15.1. The largest absolute Gasteiger partial charge is 0.491 e. The van der Waals surface area contributed by atoms with Crippen LogP contribution in [0.3, 0.4) is 0 Å². The van der Waals surface area contributed by atoms with Gasteiger partial charge in [-0.3, -0.25) is 4.79 Å². The van der Waals surface area contributed by atoms with Crippen LogP contribution in [0, 0.1) is 0 Å². The van der Waals surface area contributed by atoms with Crippen LogP contribution in [0.25, 0.3) is 0 Å². The van der Waals surface area contributed by atoms with E-state index in [-0.39, 0.29) is 12.5 Å². The molecule has 21 heavy (non-hydrogen) atoms. The zero-order valence-corrected chi connectivity index (χ0v) is 11.8. The van der Waals surface area contributed by atoms with E-state index in [1.54, 1.807) is 37.4 Å². The Morgan fingerprint density at radius 2 is 2.05 bits per heavy atom. The van der Waals surface area contributed by atoms with Gasteiger partial charge in [0.2, 0.25) is 0 Å². The summed E-state index contributed by atoms with van der Waals surface area (Å²) in [6, 6.07) is 8.73. The molecule has 6 heteroatoms. The lowest BCUT2D eigenvalue weighted by Crippen LogP contribution is -2.11. The van der Waals surface area contributed by atoms with Crippen molar-refractivity contribution in [2.45, 2.75) is 6.54 Å². The van der Waals surface area contributed by atoms with Crippen molar-refractivity contribution >= 4 is 11.6 Å². The molecular weight excluding hydrogens is 272 g/mol. The Morgan fingerprint density at radius 1 is 1.29 bits per heavy atom. The highest BCUT2D eigenvalue weighted by atomic mass is 16.5. The monoisotopic (exact) mass is 290 g/mol. The second-order valence-corrected chi connectivity index (χ2v) is 4.33. The number of benzene rings is 1. The summed E-state index contributed by atoms with van der Waals surface area (Å²) in [6.07, 6.45) is 1.39. The molecule has 0 radical (unpaired) electrons. The second-order valence-electron chi connectivity index (χ2n) is 4.33. The highest BCUT2D eigenvalue weighted by molar-refractivity contribution is 6.04. The van der Waals surface area contributed by atoms with E-state index >= 15 is 0 Å². The maximum atomic E-state index is 12.0. The summed E-state index contributed by atoms with van der Waals surface area (Å²) in [5, 5.41) is 2.77. The fourth-order valence-corrected chi connectivity index (χ4v) is 1.69. The van der Waals surface area contributed by atoms with Crippen LogP contribution in [-0.2, 0) is 11.3 Å². The molecule has 0 fully saturated rings. The number of nitrogens with one attached hydrogen (secondary N) is 1. The molecule has 0 unspecified atom stereocenters. The molecule has 6 nitrogen and oxygen atoms in total. The molecule has 0 saturated carbocycles. The molecule has 2 rings (SSSR count). The fraction of sp³-hybridized carbons (Fsp3) is 0.267. The number of hydrogen-bond donors (Lipinski definition) is 2. The molecule has 0 bridgehead atoms. The van der Waals surface area contributed by atoms with Crippen molar-refractivity contribution in [2.24, 2.45) is 5.73 Å². The van der Waals surface area contributed by atoms with Crippen molar-refractivity contribution in [2.75, 3.05) is 25.6 Å². The first-order valence-electron chi connectivity index (χ1n) is 6.53. The number of rotatable bonds is 7. The third kappa shape index (κ3) is 4.34. The molecule has 1 aromatic heterocycles. The number of anilines is 1. The molecule has 0 aliphatic heterocycles. The van der Waals surface area contributed by atoms with Gasteiger partial charge in [-0.15, -0.1) is 0 Å². The van der Waals surface area contributed by atoms with E-state index in [2.05, 4.69) is 5.32 Å². The smallest absolute Gasteiger partial charge is 0.258 e. The average molecular weight is 290 g/mol. The Hall–Kier alpha value is -2.31. The topological polar surface area (TPSA) is 86.7 Å². The van der Waals surface area contributed by atoms with Crippen LogP contribution in [0.2, 0.25) is 0 Å². The van der Waals surface area contributed by atoms with E-state index in [1.807, 2.05) is 0 Å². The second kappa shape index (κ2) is 7.47. The molecule has 2 aromatic rings. The number of carbonyl (C=O) groups excluding carboxylic acids is 1. The van der Waals surface area contributed by atoms with Crippen LogP contribution in [-0.4, -0.2) is 26.2 Å². The van der Waals surface area contributed by atoms with Crippen LogP contribution in [0.4, 0.5) is 5.69 Å². The first kappa shape index (κ1) is 15.1. The number of hydrogen-bond acceptors (Lipinski definition) is 5. The summed E-state index contributed by atoms with van der Waals surface area (Å²) >= 11 is 0. The van der Waals surface area contributed by atoms with Crippen LogP contribution < -0.4 is 15.8 Å². The summed E-state index contributed by atoms with van der Waals surface area (Å²) in [7, 11) is 1.62. The standard InChI is InChI=1S/C15H18N2O4/c1-19-6-7-20-13-4-2-12(3-5-13)17-15(18)11-8-14(9-16)21-10-11/h2-5,8,10H,6-7,9,16H2,1H3,(H,17,18). The number of furan rings is 1. The van der Waals surface area contributed by atoms with Gasteiger partial charge >= 0.3 is 0 Å². The maximum Gasteiger partial charge on any atom is 0.258 e. The van der Waals surface area contributed by atoms with Crippen molar-refractivity contribution in [1.82, 2.24) is 0 Å². The lowest BCUT2D eigenvalue weighted by Gasteiger charge is -2.07. The molecule has 3 N–H and O–H groups in total. The quantitative estimate of drug-likeness (QED) is 0.762. The summed E-state index contributed by atoms with van der Waals surface area (Å²) in [5.41, 5.74) is 6.55. The van der Waals surface area contributed by atoms with Gasteiger partial charge in [-0.05, 0) is 30.3 Å². The van der Waals surface area contributed by atoms with E-state index in [0.29, 0.717) is 30.2 Å². The predicted molar refractivity (Wildman–Crippen MR) is 78.4 cm³/mol. The van der Waals surface area contributed by atoms with Crippen LogP contribution >= 0.6 is 0 Å². The zero-order valence-electron chi connectivity index (χ0n) is 11.8. The lowest BCUT2D eigenvalue weighted by molar-refractivity contribution is 0.102. The van der Waals surface area contributed by atoms with Crippen molar-refractivity contribution in [3.05, 3.63) is 47.9 Å². The Bertz CT molecular complexity index is 578. The van der Waals surface area contributed by atoms with Gasteiger partial charge in [-0.2, -0.15) is 0 Å². The van der Waals surface area contributed by atoms with Gasteiger partial charge in [0.05, 0.1) is 18.7 Å². The van der Waals surface area contributed by atoms with Gasteiger partial charge in [-0.1, -0.05) is 0 Å². The van der Waals surface area contributed by atoms with Crippen LogP contribution in [0.1, 0.15) is 16.1 Å². The van der Waals surface area contributed by atoms with Crippen molar-refractivity contribution < 1.29 is 18.7 Å². The summed E-state index contributed by atoms with van der Waals surface area (Å²) < 4.78 is 15.5. The first-order chi connectivity index (χ1) is 10.2. The molecule has 1 heterocycles. The number of ether oxygens (including phenoxy) is 2. The van der Waals surface area contributed by atoms with Gasteiger partial charge in [0.1, 0.15) is 24.4 Å². The van der Waals surface area contributed by atoms with Crippen molar-refractivity contribution in [3.63, 3.8) is 0 Å². The highest BCUT2D eigenvalue weighted by Crippen LogP contribution is 2.17. The minimum Gasteiger partial charge on any atom is -0.491 e. The van der Waals surface area contributed by atoms with Gasteiger partial charge in [0, 0.05) is 12.8 Å². The Labute approximate surface area is 122 Å². The third-order valence-electron chi connectivity index (χ3n) is 2.79. The molecule has 0 atom stereocenters. The number of carbonyl (C=O) groups is 1. The lowest BCUT2D eigenvalue weighted by atomic mass is 10.2. The van der Waals surface area contributed by atoms with E-state index in [1.165, 1.54) is 6.26 Å². The van der Waals surface area contributed by atoms with E-state index < -0.39 is 0 Å². The number of amides is 1. The minimum absolute atomic E-state index is 0.244. The number of nitrogens with two attached hydrogens (primary N) is 1. The molecule has 1 amide bonds. The molecule has 1 aromatic carbocycles. The fourth-order valence-electron chi connectivity index (χ4n) is 1.69. The Kier molecular flexibility index (Phi) is 5.36. The third-order valence-corrected chi connectivity index (χ3v) is 2.79. The van der Waals surface area contributed by atoms with Gasteiger partial charge in [0.25, 0.3) is 5.91 Å². The molecular formula is C15H18N2O4. The van der Waals surface area contributed by atoms with Gasteiger partial charge < -0.3 is 24.9 Å². The van der Waals surface area contributed by atoms with Crippen molar-refractivity contribution in [3.8, 4) is 5.75 Å². The summed E-state index contributed by atoms with van der Waals surface area (Å²) in [5.74, 6) is 1.05. The van der Waals surface area contributed by atoms with E-state index in [0.717, 1.165) is 5.75 Å². The molecule has 0 saturated heterocycles. The molecule has 112 valence electrons. The van der Waals surface area contributed by atoms with Crippen LogP contribution in [0.5, 0.6) is 5.75 Å². The predicted octanol–water partition coefficient (Wildman–Crippen LogP) is 2.02. The maximum absolute atomic E-state index is 12.0. The minimum atomic E-state index is -0.244. The highest BCUT2D eigenvalue weighted by Gasteiger charge is 2.09. The first-order valence-corrected chi connectivity index (χ1v) is 6.53. The number of methoxy groups -OCH3 is 1.